The van der Waals surface area contributed by atoms with Gasteiger partial charge in [0.1, 0.15) is 29.5 Å². The number of benzene rings is 2. The molecule has 0 saturated heterocycles. The average molecular weight is 539 g/mol. The Labute approximate surface area is 210 Å². The largest absolute Gasteiger partial charge is 0.493 e. The van der Waals surface area contributed by atoms with E-state index in [2.05, 4.69) is 31.3 Å². The van der Waals surface area contributed by atoms with Crippen LogP contribution in [0.25, 0.3) is 16.6 Å². The van der Waals surface area contributed by atoms with E-state index in [0.717, 1.165) is 26.9 Å². The highest BCUT2D eigenvalue weighted by molar-refractivity contribution is 9.10. The number of carbonyl (C=O) groups is 1. The summed E-state index contributed by atoms with van der Waals surface area (Å²) in [7, 11) is 1.36. The van der Waals surface area contributed by atoms with Crippen LogP contribution >= 0.6 is 15.9 Å². The number of nitrogens with one attached hydrogen (secondary N) is 1. The van der Waals surface area contributed by atoms with E-state index in [1.54, 1.807) is 16.6 Å². The first-order valence-electron chi connectivity index (χ1n) is 11.4. The Bertz CT molecular complexity index is 1350. The highest BCUT2D eigenvalue weighted by atomic mass is 79.9. The fourth-order valence-corrected chi connectivity index (χ4v) is 4.64. The zero-order valence-corrected chi connectivity index (χ0v) is 20.7. The molecule has 0 spiro atoms. The fraction of sp³-hybridized carbons (Fsp3) is 0.269. The van der Waals surface area contributed by atoms with Gasteiger partial charge in [0.25, 0.3) is 0 Å². The third kappa shape index (κ3) is 5.14. The second-order valence-corrected chi connectivity index (χ2v) is 9.34. The van der Waals surface area contributed by atoms with Crippen molar-refractivity contribution >= 4 is 33.2 Å². The smallest absolute Gasteiger partial charge is 0.328 e. The van der Waals surface area contributed by atoms with Crippen molar-refractivity contribution in [1.29, 1.82) is 0 Å². The maximum absolute atomic E-state index is 13.4. The summed E-state index contributed by atoms with van der Waals surface area (Å²) in [5, 5.41) is 7.56. The van der Waals surface area contributed by atoms with Crippen LogP contribution in [-0.4, -0.2) is 40.3 Å². The Morgan fingerprint density at radius 1 is 1.23 bits per heavy atom. The zero-order chi connectivity index (χ0) is 24.4. The number of hydrogen-bond acceptors (Lipinski definition) is 6. The zero-order valence-electron chi connectivity index (χ0n) is 19.1. The summed E-state index contributed by atoms with van der Waals surface area (Å²) in [5.74, 6) is 1.13. The van der Waals surface area contributed by atoms with Crippen molar-refractivity contribution in [3.8, 4) is 16.9 Å². The van der Waals surface area contributed by atoms with Gasteiger partial charge in [0.05, 0.1) is 18.2 Å². The molecule has 0 aliphatic heterocycles. The predicted molar refractivity (Wildman–Crippen MR) is 134 cm³/mol. The number of para-hydroxylation sites is 1. The van der Waals surface area contributed by atoms with Crippen LogP contribution in [-0.2, 0) is 16.0 Å². The lowest BCUT2D eigenvalue weighted by Crippen LogP contribution is -2.33. The second kappa shape index (κ2) is 10.0. The molecule has 2 heterocycles. The van der Waals surface area contributed by atoms with Gasteiger partial charge in [-0.1, -0.05) is 30.3 Å². The molecule has 1 N–H and O–H groups in total. The molecule has 2 aromatic carbocycles. The van der Waals surface area contributed by atoms with Gasteiger partial charge in [-0.3, -0.25) is 0 Å². The normalized spacial score (nSPS) is 14.0. The highest BCUT2D eigenvalue weighted by Gasteiger charge is 2.26. The molecule has 1 fully saturated rings. The average Bonchev–Trinajstić information content (AvgIpc) is 3.65. The van der Waals surface area contributed by atoms with Crippen molar-refractivity contribution in [2.75, 3.05) is 19.0 Å². The number of ether oxygens (including phenoxy) is 2. The van der Waals surface area contributed by atoms with Crippen LogP contribution in [0.2, 0.25) is 0 Å². The summed E-state index contributed by atoms with van der Waals surface area (Å²) in [4.78, 5) is 17.2. The van der Waals surface area contributed by atoms with E-state index in [0.29, 0.717) is 30.3 Å². The Hall–Kier alpha value is -3.46. The van der Waals surface area contributed by atoms with Crippen molar-refractivity contribution in [1.82, 2.24) is 14.6 Å². The Balaban J connectivity index is 1.45. The van der Waals surface area contributed by atoms with Gasteiger partial charge < -0.3 is 14.8 Å². The molecule has 2 aromatic heterocycles. The van der Waals surface area contributed by atoms with E-state index in [9.17, 15) is 9.18 Å². The molecule has 0 unspecified atom stereocenters. The molecule has 180 valence electrons. The van der Waals surface area contributed by atoms with Crippen molar-refractivity contribution < 1.29 is 18.7 Å². The van der Waals surface area contributed by atoms with Crippen molar-refractivity contribution in [3.05, 3.63) is 76.9 Å². The first-order chi connectivity index (χ1) is 17.0. The summed E-state index contributed by atoms with van der Waals surface area (Å²) in [5.41, 5.74) is 3.20. The maximum Gasteiger partial charge on any atom is 0.328 e. The molecule has 5 rings (SSSR count). The van der Waals surface area contributed by atoms with Crippen LogP contribution in [0.5, 0.6) is 5.75 Å². The monoisotopic (exact) mass is 538 g/mol. The number of carbonyl (C=O) groups excluding carboxylic acids is 1. The SMILES string of the molecule is COC(=O)[C@@H](Cc1ccccc1OCC1CC1)Nc1ncnn2cc(-c3ccc(F)cc3)c(Br)c12. The number of rotatable bonds is 9. The molecule has 0 radical (unpaired) electrons. The standard InChI is InChI=1S/C26H24BrFN4O3/c1-34-26(33)21(12-18-4-2-3-5-22(18)35-14-16-6-7-16)31-25-24-23(27)20(13-32(24)30-15-29-25)17-8-10-19(28)11-9-17/h2-5,8-11,13,15-16,21H,6-7,12,14H2,1H3,(H,29,30,31)/t21-/m1/s1. The lowest BCUT2D eigenvalue weighted by atomic mass is 10.0. The van der Waals surface area contributed by atoms with Gasteiger partial charge in [-0.05, 0) is 64.0 Å². The van der Waals surface area contributed by atoms with E-state index in [1.807, 2.05) is 30.5 Å². The van der Waals surface area contributed by atoms with Crippen molar-refractivity contribution in [2.24, 2.45) is 5.92 Å². The molecule has 0 bridgehead atoms. The van der Waals surface area contributed by atoms with Crippen LogP contribution in [0.1, 0.15) is 18.4 Å². The molecule has 1 saturated carbocycles. The van der Waals surface area contributed by atoms with Gasteiger partial charge in [-0.15, -0.1) is 0 Å². The number of anilines is 1. The van der Waals surface area contributed by atoms with E-state index in [4.69, 9.17) is 9.47 Å². The van der Waals surface area contributed by atoms with Crippen LogP contribution in [0.15, 0.2) is 65.5 Å². The topological polar surface area (TPSA) is 77.8 Å². The van der Waals surface area contributed by atoms with Crippen molar-refractivity contribution in [2.45, 2.75) is 25.3 Å². The summed E-state index contributed by atoms with van der Waals surface area (Å²) >= 11 is 3.65. The third-order valence-electron chi connectivity index (χ3n) is 6.03. The lowest BCUT2D eigenvalue weighted by molar-refractivity contribution is -0.141. The molecular weight excluding hydrogens is 515 g/mol. The molecule has 9 heteroatoms. The van der Waals surface area contributed by atoms with E-state index in [1.165, 1.54) is 38.4 Å². The van der Waals surface area contributed by atoms with Gasteiger partial charge in [0, 0.05) is 18.2 Å². The summed E-state index contributed by atoms with van der Waals surface area (Å²) in [6, 6.07) is 13.2. The minimum atomic E-state index is -0.708. The Kier molecular flexibility index (Phi) is 6.68. The first-order valence-corrected chi connectivity index (χ1v) is 12.2. The molecule has 4 aromatic rings. The fourth-order valence-electron chi connectivity index (χ4n) is 3.94. The van der Waals surface area contributed by atoms with Gasteiger partial charge >= 0.3 is 5.97 Å². The van der Waals surface area contributed by atoms with Crippen LogP contribution in [0.4, 0.5) is 10.2 Å². The molecule has 1 aliphatic carbocycles. The highest BCUT2D eigenvalue weighted by Crippen LogP contribution is 2.36. The van der Waals surface area contributed by atoms with Gasteiger partial charge in [-0.2, -0.15) is 5.10 Å². The predicted octanol–water partition coefficient (Wildman–Crippen LogP) is 5.28. The first kappa shape index (κ1) is 23.3. The number of esters is 1. The molecule has 1 aliphatic rings. The van der Waals surface area contributed by atoms with Crippen LogP contribution < -0.4 is 10.1 Å². The van der Waals surface area contributed by atoms with E-state index >= 15 is 0 Å². The second-order valence-electron chi connectivity index (χ2n) is 8.55. The number of fused-ring (bicyclic) bond motifs is 1. The number of hydrogen-bond donors (Lipinski definition) is 1. The van der Waals surface area contributed by atoms with Gasteiger partial charge in [0.2, 0.25) is 0 Å². The quantitative estimate of drug-likeness (QED) is 0.292. The Morgan fingerprint density at radius 3 is 2.74 bits per heavy atom. The molecule has 35 heavy (non-hydrogen) atoms. The van der Waals surface area contributed by atoms with Crippen molar-refractivity contribution in [3.63, 3.8) is 0 Å². The minimum absolute atomic E-state index is 0.307. The van der Waals surface area contributed by atoms with Gasteiger partial charge in [-0.25, -0.2) is 18.7 Å². The van der Waals surface area contributed by atoms with Gasteiger partial charge in [0.15, 0.2) is 5.82 Å². The Morgan fingerprint density at radius 2 is 2.00 bits per heavy atom. The molecule has 7 nitrogen and oxygen atoms in total. The van der Waals surface area contributed by atoms with Crippen LogP contribution in [0, 0.1) is 11.7 Å². The molecule has 1 atom stereocenters. The number of methoxy groups -OCH3 is 1. The molecular formula is C26H24BrFN4O3. The van der Waals surface area contributed by atoms with Crippen LogP contribution in [0.3, 0.4) is 0 Å². The van der Waals surface area contributed by atoms with E-state index < -0.39 is 12.0 Å². The summed E-state index contributed by atoms with van der Waals surface area (Å²) in [6.45, 7) is 0.684. The number of nitrogens with zero attached hydrogens (tertiary/aromatic N) is 3. The third-order valence-corrected chi connectivity index (χ3v) is 6.83. The number of halogens is 2. The summed E-state index contributed by atoms with van der Waals surface area (Å²) < 4.78 is 26.9. The number of aromatic nitrogens is 3. The minimum Gasteiger partial charge on any atom is -0.493 e. The van der Waals surface area contributed by atoms with E-state index in [-0.39, 0.29) is 5.82 Å². The molecule has 0 amide bonds. The summed E-state index contributed by atoms with van der Waals surface area (Å²) in [6.07, 6.45) is 5.99. The lowest BCUT2D eigenvalue weighted by Gasteiger charge is -2.19. The maximum atomic E-state index is 13.4.